The van der Waals surface area contributed by atoms with Crippen molar-refractivity contribution in [2.75, 3.05) is 24.6 Å². The number of hydrogen-bond donors (Lipinski definition) is 0. The second-order valence-corrected chi connectivity index (χ2v) is 4.16. The molecule has 2 rings (SSSR count). The van der Waals surface area contributed by atoms with Gasteiger partial charge in [-0.15, -0.1) is 0 Å². The highest BCUT2D eigenvalue weighted by atomic mass is 32.1. The van der Waals surface area contributed by atoms with Crippen LogP contribution in [0, 0.1) is 21.4 Å². The van der Waals surface area contributed by atoms with Crippen molar-refractivity contribution >= 4 is 21.5 Å². The zero-order valence-corrected chi connectivity index (χ0v) is 9.01. The summed E-state index contributed by atoms with van der Waals surface area (Å²) < 4.78 is 5.17. The van der Waals surface area contributed by atoms with E-state index in [0.29, 0.717) is 24.8 Å². The highest BCUT2D eigenvalue weighted by Crippen LogP contribution is 2.29. The van der Waals surface area contributed by atoms with Gasteiger partial charge < -0.3 is 9.64 Å². The molecule has 8 heteroatoms. The average molecular weight is 240 g/mol. The van der Waals surface area contributed by atoms with Crippen LogP contribution in [0.3, 0.4) is 0 Å². The molecule has 0 N–H and O–H groups in total. The summed E-state index contributed by atoms with van der Waals surface area (Å²) in [5.41, 5.74) is 0. The third-order valence-corrected chi connectivity index (χ3v) is 3.15. The van der Waals surface area contributed by atoms with E-state index < -0.39 is 11.0 Å². The maximum absolute atomic E-state index is 10.5. The Morgan fingerprint density at radius 1 is 1.81 bits per heavy atom. The van der Waals surface area contributed by atoms with Crippen LogP contribution in [-0.4, -0.2) is 35.7 Å². The van der Waals surface area contributed by atoms with Crippen molar-refractivity contribution in [3.8, 4) is 6.07 Å². The number of nitro groups is 1. The Hall–Kier alpha value is -1.72. The lowest BCUT2D eigenvalue weighted by molar-refractivity contribution is -0.380. The molecular weight excluding hydrogens is 232 g/mol. The number of nitrogens with zero attached hydrogens (tertiary/aromatic N) is 4. The van der Waals surface area contributed by atoms with Crippen molar-refractivity contribution in [3.05, 3.63) is 16.3 Å². The fraction of sp³-hybridized carbons (Fsp3) is 0.500. The first-order valence-corrected chi connectivity index (χ1v) is 5.38. The van der Waals surface area contributed by atoms with Crippen molar-refractivity contribution in [1.29, 1.82) is 5.26 Å². The number of rotatable bonds is 2. The Morgan fingerprint density at radius 2 is 2.62 bits per heavy atom. The molecule has 0 bridgehead atoms. The van der Waals surface area contributed by atoms with Gasteiger partial charge in [0.25, 0.3) is 0 Å². The minimum absolute atomic E-state index is 0.00926. The van der Waals surface area contributed by atoms with E-state index in [2.05, 4.69) is 4.98 Å². The molecule has 84 valence electrons. The van der Waals surface area contributed by atoms with E-state index in [0.717, 1.165) is 11.3 Å². The van der Waals surface area contributed by atoms with Crippen LogP contribution >= 0.6 is 11.3 Å². The Bertz CT molecular complexity index is 441. The highest BCUT2D eigenvalue weighted by Gasteiger charge is 2.23. The van der Waals surface area contributed by atoms with Crippen LogP contribution in [0.2, 0.25) is 0 Å². The van der Waals surface area contributed by atoms with E-state index in [-0.39, 0.29) is 5.00 Å². The molecule has 0 aromatic carbocycles. The Morgan fingerprint density at radius 3 is 3.25 bits per heavy atom. The van der Waals surface area contributed by atoms with Gasteiger partial charge in [-0.05, 0) is 11.3 Å². The molecular formula is C8H8N4O3S. The smallest absolute Gasteiger partial charge is 0.345 e. The SMILES string of the molecule is N#CC1CN(c2ncc([N+](=O)[O-])s2)CCO1. The molecule has 16 heavy (non-hydrogen) atoms. The summed E-state index contributed by atoms with van der Waals surface area (Å²) in [4.78, 5) is 15.8. The van der Waals surface area contributed by atoms with E-state index in [4.69, 9.17) is 10.00 Å². The van der Waals surface area contributed by atoms with Crippen LogP contribution in [0.25, 0.3) is 0 Å². The number of aromatic nitrogens is 1. The fourth-order valence-electron chi connectivity index (χ4n) is 1.39. The first-order valence-electron chi connectivity index (χ1n) is 4.57. The van der Waals surface area contributed by atoms with E-state index >= 15 is 0 Å². The van der Waals surface area contributed by atoms with E-state index in [1.165, 1.54) is 6.20 Å². The molecule has 1 atom stereocenters. The minimum Gasteiger partial charge on any atom is -0.360 e. The van der Waals surface area contributed by atoms with Gasteiger partial charge in [0.05, 0.1) is 24.1 Å². The van der Waals surface area contributed by atoms with Gasteiger partial charge in [0.2, 0.25) is 0 Å². The normalized spacial score (nSPS) is 20.4. The quantitative estimate of drug-likeness (QED) is 0.560. The molecule has 2 heterocycles. The standard InChI is InChI=1S/C8H8N4O3S/c9-3-6-5-11(1-2-15-6)8-10-4-7(16-8)12(13)14/h4,6H,1-2,5H2. The van der Waals surface area contributed by atoms with E-state index in [1.807, 2.05) is 11.0 Å². The van der Waals surface area contributed by atoms with Gasteiger partial charge in [0, 0.05) is 6.54 Å². The monoisotopic (exact) mass is 240 g/mol. The molecule has 1 fully saturated rings. The van der Waals surface area contributed by atoms with Crippen molar-refractivity contribution in [3.63, 3.8) is 0 Å². The van der Waals surface area contributed by atoms with Crippen molar-refractivity contribution in [2.24, 2.45) is 0 Å². The lowest BCUT2D eigenvalue weighted by Gasteiger charge is -2.28. The topological polar surface area (TPSA) is 92.3 Å². The van der Waals surface area contributed by atoms with Crippen LogP contribution in [0.1, 0.15) is 0 Å². The molecule has 7 nitrogen and oxygen atoms in total. The Balaban J connectivity index is 2.11. The highest BCUT2D eigenvalue weighted by molar-refractivity contribution is 7.18. The zero-order valence-electron chi connectivity index (χ0n) is 8.20. The average Bonchev–Trinajstić information content (AvgIpc) is 2.78. The molecule has 1 aliphatic rings. The van der Waals surface area contributed by atoms with Crippen LogP contribution in [0.5, 0.6) is 0 Å². The maximum atomic E-state index is 10.5. The first-order chi connectivity index (χ1) is 7.70. The Kier molecular flexibility index (Phi) is 2.98. The summed E-state index contributed by atoms with van der Waals surface area (Å²) in [5, 5.41) is 19.8. The summed E-state index contributed by atoms with van der Waals surface area (Å²) in [7, 11) is 0. The van der Waals surface area contributed by atoms with Crippen LogP contribution < -0.4 is 4.90 Å². The van der Waals surface area contributed by atoms with Gasteiger partial charge in [-0.3, -0.25) is 10.1 Å². The molecule has 0 saturated carbocycles. The molecule has 0 amide bonds. The summed E-state index contributed by atoms with van der Waals surface area (Å²) >= 11 is 1.01. The summed E-state index contributed by atoms with van der Waals surface area (Å²) in [6.07, 6.45) is 0.744. The van der Waals surface area contributed by atoms with Gasteiger partial charge in [-0.2, -0.15) is 5.26 Å². The maximum Gasteiger partial charge on any atom is 0.345 e. The molecule has 0 spiro atoms. The predicted octanol–water partition coefficient (Wildman–Crippen LogP) is 0.780. The summed E-state index contributed by atoms with van der Waals surface area (Å²) in [6.45, 7) is 1.44. The second-order valence-electron chi connectivity index (χ2n) is 3.17. The molecule has 1 aromatic rings. The molecule has 1 aliphatic heterocycles. The summed E-state index contributed by atoms with van der Waals surface area (Å²) in [6, 6.07) is 2.01. The summed E-state index contributed by atoms with van der Waals surface area (Å²) in [5.74, 6) is 0. The third-order valence-electron chi connectivity index (χ3n) is 2.14. The van der Waals surface area contributed by atoms with Gasteiger partial charge >= 0.3 is 5.00 Å². The molecule has 1 unspecified atom stereocenters. The molecule has 1 saturated heterocycles. The van der Waals surface area contributed by atoms with Gasteiger partial charge in [-0.1, -0.05) is 0 Å². The number of hydrogen-bond acceptors (Lipinski definition) is 7. The number of ether oxygens (including phenoxy) is 1. The number of morpholine rings is 1. The van der Waals surface area contributed by atoms with Crippen LogP contribution in [-0.2, 0) is 4.74 Å². The van der Waals surface area contributed by atoms with Crippen molar-refractivity contribution in [2.45, 2.75) is 6.10 Å². The molecule has 0 radical (unpaired) electrons. The van der Waals surface area contributed by atoms with Crippen LogP contribution in [0.4, 0.5) is 10.1 Å². The van der Waals surface area contributed by atoms with E-state index in [9.17, 15) is 10.1 Å². The van der Waals surface area contributed by atoms with Crippen molar-refractivity contribution in [1.82, 2.24) is 4.98 Å². The lowest BCUT2D eigenvalue weighted by Crippen LogP contribution is -2.41. The first kappa shape index (κ1) is 10.8. The second kappa shape index (κ2) is 4.42. The largest absolute Gasteiger partial charge is 0.360 e. The molecule has 1 aromatic heterocycles. The minimum atomic E-state index is -0.489. The lowest BCUT2D eigenvalue weighted by atomic mass is 10.3. The Labute approximate surface area is 95.0 Å². The third kappa shape index (κ3) is 2.10. The fourth-order valence-corrected chi connectivity index (χ4v) is 2.16. The number of thiazole rings is 1. The zero-order chi connectivity index (χ0) is 11.5. The van der Waals surface area contributed by atoms with Crippen LogP contribution in [0.15, 0.2) is 6.20 Å². The molecule has 0 aliphatic carbocycles. The van der Waals surface area contributed by atoms with E-state index in [1.54, 1.807) is 0 Å². The predicted molar refractivity (Wildman–Crippen MR) is 56.3 cm³/mol. The van der Waals surface area contributed by atoms with Gasteiger partial charge in [0.1, 0.15) is 6.20 Å². The van der Waals surface area contributed by atoms with Crippen molar-refractivity contribution < 1.29 is 9.66 Å². The number of nitriles is 1. The van der Waals surface area contributed by atoms with Gasteiger partial charge in [-0.25, -0.2) is 4.98 Å². The van der Waals surface area contributed by atoms with Gasteiger partial charge in [0.15, 0.2) is 11.2 Å². The number of anilines is 1.